The molecule has 2 aromatic carbocycles. The second-order valence-corrected chi connectivity index (χ2v) is 9.83. The van der Waals surface area contributed by atoms with Gasteiger partial charge in [-0.3, -0.25) is 9.59 Å². The van der Waals surface area contributed by atoms with Gasteiger partial charge >= 0.3 is 0 Å². The fourth-order valence-electron chi connectivity index (χ4n) is 4.24. The first-order chi connectivity index (χ1) is 17.0. The first-order valence-corrected chi connectivity index (χ1v) is 12.3. The maximum atomic E-state index is 15.0. The highest BCUT2D eigenvalue weighted by Crippen LogP contribution is 2.40. The molecule has 36 heavy (non-hydrogen) atoms. The SMILES string of the molecule is CS(=O)(=O)NC(=O)c1c(-c2ccc[nH]c2=O)c2c3occc3c(F)cc2n1Cc1cc(F)ccc1F. The predicted molar refractivity (Wildman–Crippen MR) is 125 cm³/mol. The van der Waals surface area contributed by atoms with Crippen molar-refractivity contribution in [2.24, 2.45) is 0 Å². The van der Waals surface area contributed by atoms with Gasteiger partial charge in [-0.25, -0.2) is 26.3 Å². The van der Waals surface area contributed by atoms with Gasteiger partial charge in [0.25, 0.3) is 11.5 Å². The second-order valence-electron chi connectivity index (χ2n) is 8.08. The van der Waals surface area contributed by atoms with E-state index in [-0.39, 0.29) is 44.3 Å². The van der Waals surface area contributed by atoms with Gasteiger partial charge in [-0.1, -0.05) is 0 Å². The number of carbonyl (C=O) groups is 1. The number of halogens is 3. The quantitative estimate of drug-likeness (QED) is 0.369. The van der Waals surface area contributed by atoms with Crippen LogP contribution in [0.1, 0.15) is 16.1 Å². The lowest BCUT2D eigenvalue weighted by Crippen LogP contribution is -2.32. The average molecular weight is 515 g/mol. The minimum Gasteiger partial charge on any atom is -0.463 e. The minimum atomic E-state index is -4.09. The Morgan fingerprint density at radius 1 is 1.11 bits per heavy atom. The largest absolute Gasteiger partial charge is 0.463 e. The van der Waals surface area contributed by atoms with Gasteiger partial charge in [0.15, 0.2) is 0 Å². The minimum absolute atomic E-state index is 0.00415. The summed E-state index contributed by atoms with van der Waals surface area (Å²) in [5.74, 6) is -3.48. The molecule has 8 nitrogen and oxygen atoms in total. The lowest BCUT2D eigenvalue weighted by atomic mass is 10.0. The first-order valence-electron chi connectivity index (χ1n) is 10.4. The maximum Gasteiger partial charge on any atom is 0.282 e. The van der Waals surface area contributed by atoms with Crippen molar-refractivity contribution >= 4 is 37.8 Å². The zero-order valence-corrected chi connectivity index (χ0v) is 19.3. The van der Waals surface area contributed by atoms with E-state index in [1.165, 1.54) is 30.7 Å². The van der Waals surface area contributed by atoms with E-state index < -0.39 is 45.5 Å². The van der Waals surface area contributed by atoms with E-state index in [0.29, 0.717) is 0 Å². The molecule has 1 amide bonds. The molecule has 3 aromatic heterocycles. The van der Waals surface area contributed by atoms with Gasteiger partial charge < -0.3 is 14.0 Å². The maximum absolute atomic E-state index is 15.0. The third-order valence-corrected chi connectivity index (χ3v) is 6.19. The summed E-state index contributed by atoms with van der Waals surface area (Å²) in [6.45, 7) is -0.497. The average Bonchev–Trinajstić information content (AvgIpc) is 3.39. The number of hydrogen-bond acceptors (Lipinski definition) is 5. The fourth-order valence-corrected chi connectivity index (χ4v) is 4.67. The summed E-state index contributed by atoms with van der Waals surface area (Å²) in [6.07, 6.45) is 3.32. The molecule has 5 aromatic rings. The van der Waals surface area contributed by atoms with E-state index in [1.54, 1.807) is 0 Å². The molecule has 5 rings (SSSR count). The number of rotatable bonds is 5. The number of aromatic nitrogens is 2. The van der Waals surface area contributed by atoms with Crippen LogP contribution >= 0.6 is 0 Å². The molecular weight excluding hydrogens is 499 g/mol. The molecule has 0 atom stereocenters. The van der Waals surface area contributed by atoms with E-state index in [1.807, 2.05) is 4.72 Å². The molecule has 0 fully saturated rings. The number of H-pyrrole nitrogens is 1. The summed E-state index contributed by atoms with van der Waals surface area (Å²) in [4.78, 5) is 28.6. The number of sulfonamides is 1. The van der Waals surface area contributed by atoms with Crippen LogP contribution in [-0.2, 0) is 16.6 Å². The van der Waals surface area contributed by atoms with Gasteiger partial charge in [0.2, 0.25) is 10.0 Å². The molecule has 2 N–H and O–H groups in total. The Morgan fingerprint density at radius 3 is 2.61 bits per heavy atom. The zero-order chi connectivity index (χ0) is 25.8. The number of carbonyl (C=O) groups excluding carboxylic acids is 1. The molecular formula is C24H16F3N3O5S. The van der Waals surface area contributed by atoms with E-state index in [4.69, 9.17) is 4.42 Å². The first kappa shape index (κ1) is 23.4. The number of fused-ring (bicyclic) bond motifs is 3. The van der Waals surface area contributed by atoms with Crippen molar-refractivity contribution in [2.45, 2.75) is 6.54 Å². The normalized spacial score (nSPS) is 11.9. The van der Waals surface area contributed by atoms with Gasteiger partial charge in [0.1, 0.15) is 28.7 Å². The smallest absolute Gasteiger partial charge is 0.282 e. The Labute approximate surface area is 201 Å². The van der Waals surface area contributed by atoms with Crippen molar-refractivity contribution in [1.29, 1.82) is 0 Å². The molecule has 0 aliphatic heterocycles. The predicted octanol–water partition coefficient (Wildman–Crippen LogP) is 3.90. The van der Waals surface area contributed by atoms with Crippen LogP contribution in [0.4, 0.5) is 13.2 Å². The van der Waals surface area contributed by atoms with Gasteiger partial charge in [0.05, 0.1) is 40.9 Å². The van der Waals surface area contributed by atoms with Crippen molar-refractivity contribution < 1.29 is 30.8 Å². The summed E-state index contributed by atoms with van der Waals surface area (Å²) in [7, 11) is -4.09. The number of benzene rings is 2. The summed E-state index contributed by atoms with van der Waals surface area (Å²) in [5.41, 5.74) is -1.36. The van der Waals surface area contributed by atoms with Crippen LogP contribution in [0.3, 0.4) is 0 Å². The van der Waals surface area contributed by atoms with Crippen LogP contribution < -0.4 is 10.3 Å². The number of amides is 1. The molecule has 0 unspecified atom stereocenters. The molecule has 0 bridgehead atoms. The number of furan rings is 1. The van der Waals surface area contributed by atoms with Crippen LogP contribution in [0.5, 0.6) is 0 Å². The molecule has 0 saturated heterocycles. The number of pyridine rings is 1. The van der Waals surface area contributed by atoms with Crippen molar-refractivity contribution in [3.63, 3.8) is 0 Å². The van der Waals surface area contributed by atoms with Gasteiger partial charge in [-0.2, -0.15) is 0 Å². The third-order valence-electron chi connectivity index (χ3n) is 5.63. The summed E-state index contributed by atoms with van der Waals surface area (Å²) < 4.78 is 75.9. The number of nitrogens with zero attached hydrogens (tertiary/aromatic N) is 1. The van der Waals surface area contributed by atoms with Crippen LogP contribution in [0.2, 0.25) is 0 Å². The number of nitrogens with one attached hydrogen (secondary N) is 2. The van der Waals surface area contributed by atoms with Crippen molar-refractivity contribution in [3.05, 3.63) is 94.0 Å². The monoisotopic (exact) mass is 515 g/mol. The molecule has 3 heterocycles. The van der Waals surface area contributed by atoms with Gasteiger partial charge in [-0.15, -0.1) is 0 Å². The van der Waals surface area contributed by atoms with E-state index >= 15 is 4.39 Å². The number of aromatic amines is 1. The van der Waals surface area contributed by atoms with Crippen LogP contribution in [0.25, 0.3) is 33.0 Å². The van der Waals surface area contributed by atoms with E-state index in [0.717, 1.165) is 35.1 Å². The van der Waals surface area contributed by atoms with Crippen LogP contribution in [0.15, 0.2) is 64.1 Å². The Morgan fingerprint density at radius 2 is 1.89 bits per heavy atom. The second kappa shape index (κ2) is 8.41. The molecule has 12 heteroatoms. The summed E-state index contributed by atoms with van der Waals surface area (Å²) >= 11 is 0. The van der Waals surface area contributed by atoms with Crippen molar-refractivity contribution in [1.82, 2.24) is 14.3 Å². The molecule has 184 valence electrons. The molecule has 0 radical (unpaired) electrons. The Hall–Kier alpha value is -4.32. The zero-order valence-electron chi connectivity index (χ0n) is 18.4. The molecule has 0 saturated carbocycles. The molecule has 0 spiro atoms. The molecule has 0 aliphatic rings. The number of hydrogen-bond donors (Lipinski definition) is 2. The standard InChI is InChI=1S/C24H16F3N3O5S/c1-36(33,34)29-24(32)21-19(15-3-2-7-28-23(15)31)20-18(10-17(27)14-6-8-35-22(14)20)30(21)11-12-9-13(25)4-5-16(12)26/h2-10H,11H2,1H3,(H,28,31)(H,29,32). The summed E-state index contributed by atoms with van der Waals surface area (Å²) in [5, 5.41) is 0.156. The topological polar surface area (TPSA) is 114 Å². The fraction of sp³-hybridized carbons (Fsp3) is 0.0833. The van der Waals surface area contributed by atoms with Crippen molar-refractivity contribution in [3.8, 4) is 11.1 Å². The highest BCUT2D eigenvalue weighted by Gasteiger charge is 2.30. The lowest BCUT2D eigenvalue weighted by Gasteiger charge is -2.13. The molecule has 0 aliphatic carbocycles. The lowest BCUT2D eigenvalue weighted by molar-refractivity contribution is 0.0974. The Balaban J connectivity index is 1.97. The van der Waals surface area contributed by atoms with Crippen molar-refractivity contribution in [2.75, 3.05) is 6.26 Å². The Kier molecular flexibility index (Phi) is 5.47. The Bertz CT molecular complexity index is 1850. The van der Waals surface area contributed by atoms with Crippen LogP contribution in [-0.4, -0.2) is 30.1 Å². The van der Waals surface area contributed by atoms with Gasteiger partial charge in [0, 0.05) is 17.3 Å². The van der Waals surface area contributed by atoms with E-state index in [9.17, 15) is 26.8 Å². The third kappa shape index (κ3) is 3.94. The van der Waals surface area contributed by atoms with Crippen LogP contribution in [0, 0.1) is 17.5 Å². The van der Waals surface area contributed by atoms with Gasteiger partial charge in [-0.05, 0) is 42.5 Å². The van der Waals surface area contributed by atoms with E-state index in [2.05, 4.69) is 4.98 Å². The summed E-state index contributed by atoms with van der Waals surface area (Å²) in [6, 6.07) is 7.97. The highest BCUT2D eigenvalue weighted by atomic mass is 32.2. The highest BCUT2D eigenvalue weighted by molar-refractivity contribution is 7.89.